The lowest BCUT2D eigenvalue weighted by atomic mass is 10.4. The average molecular weight is 274 g/mol. The van der Waals surface area contributed by atoms with Crippen LogP contribution in [0.2, 0.25) is 0 Å². The van der Waals surface area contributed by atoms with E-state index in [2.05, 4.69) is 15.0 Å². The Balaban J connectivity index is 2.58. The van der Waals surface area contributed by atoms with E-state index in [0.29, 0.717) is 23.9 Å². The molecule has 0 saturated carbocycles. The van der Waals surface area contributed by atoms with Gasteiger partial charge < -0.3 is 15.8 Å². The lowest BCUT2D eigenvalue weighted by Gasteiger charge is -2.10. The van der Waals surface area contributed by atoms with Gasteiger partial charge in [-0.15, -0.1) is 0 Å². The maximum absolute atomic E-state index is 11.4. The van der Waals surface area contributed by atoms with Gasteiger partial charge in [0, 0.05) is 19.2 Å². The molecule has 0 aliphatic rings. The van der Waals surface area contributed by atoms with Crippen molar-refractivity contribution in [1.29, 1.82) is 0 Å². The van der Waals surface area contributed by atoms with Crippen molar-refractivity contribution in [3.63, 3.8) is 0 Å². The number of hydrogen-bond acceptors (Lipinski definition) is 6. The topological polar surface area (TPSA) is 106 Å². The monoisotopic (exact) mass is 274 g/mol. The second-order valence-corrected chi connectivity index (χ2v) is 5.46. The summed E-state index contributed by atoms with van der Waals surface area (Å²) in [7, 11) is -1.74. The van der Waals surface area contributed by atoms with Gasteiger partial charge in [-0.2, -0.15) is 4.98 Å². The highest BCUT2D eigenvalue weighted by atomic mass is 32.2. The molecule has 1 aromatic rings. The number of nitrogen functional groups attached to an aromatic ring is 1. The summed E-state index contributed by atoms with van der Waals surface area (Å²) in [4.78, 5) is 4.08. The molecule has 0 fully saturated rings. The standard InChI is InChI=1S/C10H18N4O3S/c1-3-13-18(15,16)7-6-12-10-8(11)4-5-9(14-10)17-2/h4-5,13H,3,6-7,11H2,1-2H3,(H,12,14). The first-order chi connectivity index (χ1) is 8.48. The van der Waals surface area contributed by atoms with Gasteiger partial charge in [-0.3, -0.25) is 0 Å². The molecular weight excluding hydrogens is 256 g/mol. The van der Waals surface area contributed by atoms with E-state index in [-0.39, 0.29) is 12.3 Å². The van der Waals surface area contributed by atoms with Gasteiger partial charge >= 0.3 is 0 Å². The maximum Gasteiger partial charge on any atom is 0.215 e. The molecule has 18 heavy (non-hydrogen) atoms. The summed E-state index contributed by atoms with van der Waals surface area (Å²) in [5.41, 5.74) is 6.15. The van der Waals surface area contributed by atoms with Gasteiger partial charge in [-0.05, 0) is 6.07 Å². The first kappa shape index (κ1) is 14.5. The quantitative estimate of drug-likeness (QED) is 0.647. The Hall–Kier alpha value is -1.54. The zero-order valence-corrected chi connectivity index (χ0v) is 11.3. The number of hydrogen-bond donors (Lipinski definition) is 3. The summed E-state index contributed by atoms with van der Waals surface area (Å²) < 4.78 is 30.2. The highest BCUT2D eigenvalue weighted by Gasteiger charge is 2.09. The molecule has 1 rings (SSSR count). The van der Waals surface area contributed by atoms with Crippen molar-refractivity contribution in [3.8, 4) is 5.88 Å². The fourth-order valence-corrected chi connectivity index (χ4v) is 2.26. The van der Waals surface area contributed by atoms with E-state index in [9.17, 15) is 8.42 Å². The smallest absolute Gasteiger partial charge is 0.215 e. The minimum absolute atomic E-state index is 0.0425. The summed E-state index contributed by atoms with van der Waals surface area (Å²) in [5, 5.41) is 2.87. The second-order valence-electron chi connectivity index (χ2n) is 3.53. The molecule has 0 aromatic carbocycles. The van der Waals surface area contributed by atoms with Crippen LogP contribution in [0.3, 0.4) is 0 Å². The van der Waals surface area contributed by atoms with Crippen molar-refractivity contribution < 1.29 is 13.2 Å². The SMILES string of the molecule is CCNS(=O)(=O)CCNc1nc(OC)ccc1N. The number of anilines is 2. The largest absolute Gasteiger partial charge is 0.481 e. The van der Waals surface area contributed by atoms with E-state index in [1.165, 1.54) is 7.11 Å². The molecular formula is C10H18N4O3S. The van der Waals surface area contributed by atoms with Gasteiger partial charge in [-0.1, -0.05) is 6.92 Å². The number of nitrogens with one attached hydrogen (secondary N) is 2. The molecule has 0 aliphatic heterocycles. The van der Waals surface area contributed by atoms with Crippen LogP contribution in [0, 0.1) is 0 Å². The van der Waals surface area contributed by atoms with Crippen molar-refractivity contribution >= 4 is 21.5 Å². The van der Waals surface area contributed by atoms with Crippen LogP contribution in [0.4, 0.5) is 11.5 Å². The van der Waals surface area contributed by atoms with Crippen molar-refractivity contribution in [2.24, 2.45) is 0 Å². The normalized spacial score (nSPS) is 11.2. The minimum Gasteiger partial charge on any atom is -0.481 e. The Kier molecular flexibility index (Phi) is 5.17. The summed E-state index contributed by atoms with van der Waals surface area (Å²) in [6, 6.07) is 3.28. The Bertz CT molecular complexity index is 490. The Morgan fingerprint density at radius 1 is 1.44 bits per heavy atom. The Labute approximate surface area is 107 Å². The number of pyridine rings is 1. The highest BCUT2D eigenvalue weighted by Crippen LogP contribution is 2.18. The third kappa shape index (κ3) is 4.38. The molecule has 0 spiro atoms. The van der Waals surface area contributed by atoms with E-state index in [4.69, 9.17) is 10.5 Å². The van der Waals surface area contributed by atoms with E-state index < -0.39 is 10.0 Å². The van der Waals surface area contributed by atoms with Crippen LogP contribution in [-0.2, 0) is 10.0 Å². The first-order valence-corrected chi connectivity index (χ1v) is 7.15. The van der Waals surface area contributed by atoms with Gasteiger partial charge in [0.1, 0.15) is 0 Å². The number of aromatic nitrogens is 1. The van der Waals surface area contributed by atoms with Crippen molar-refractivity contribution in [1.82, 2.24) is 9.71 Å². The fourth-order valence-electron chi connectivity index (χ4n) is 1.30. The van der Waals surface area contributed by atoms with Crippen LogP contribution in [0.15, 0.2) is 12.1 Å². The molecule has 0 amide bonds. The maximum atomic E-state index is 11.4. The molecule has 7 nitrogen and oxygen atoms in total. The predicted molar refractivity (Wildman–Crippen MR) is 71.2 cm³/mol. The summed E-state index contributed by atoms with van der Waals surface area (Å²) in [6.07, 6.45) is 0. The molecule has 0 bridgehead atoms. The third-order valence-electron chi connectivity index (χ3n) is 2.14. The first-order valence-electron chi connectivity index (χ1n) is 5.50. The molecule has 1 heterocycles. The molecule has 0 atom stereocenters. The Morgan fingerprint density at radius 2 is 2.17 bits per heavy atom. The van der Waals surface area contributed by atoms with Gasteiger partial charge in [0.25, 0.3) is 0 Å². The minimum atomic E-state index is -3.24. The van der Waals surface area contributed by atoms with Gasteiger partial charge in [0.05, 0.1) is 18.6 Å². The fraction of sp³-hybridized carbons (Fsp3) is 0.500. The van der Waals surface area contributed by atoms with Crippen LogP contribution < -0.4 is 20.5 Å². The zero-order chi connectivity index (χ0) is 13.6. The van der Waals surface area contributed by atoms with Gasteiger partial charge in [0.2, 0.25) is 15.9 Å². The molecule has 1 aromatic heterocycles. The number of nitrogens with two attached hydrogens (primary N) is 1. The lowest BCUT2D eigenvalue weighted by Crippen LogP contribution is -2.29. The molecule has 0 saturated heterocycles. The van der Waals surface area contributed by atoms with Gasteiger partial charge in [-0.25, -0.2) is 13.1 Å². The van der Waals surface area contributed by atoms with Crippen molar-refractivity contribution in [2.45, 2.75) is 6.92 Å². The molecule has 8 heteroatoms. The number of sulfonamides is 1. The summed E-state index contributed by atoms with van der Waals surface area (Å²) in [5.74, 6) is 0.793. The predicted octanol–water partition coefficient (Wildman–Crippen LogP) is 0.0236. The third-order valence-corrected chi connectivity index (χ3v) is 3.61. The van der Waals surface area contributed by atoms with Crippen LogP contribution in [-0.4, -0.2) is 39.4 Å². The molecule has 0 aliphatic carbocycles. The zero-order valence-electron chi connectivity index (χ0n) is 10.4. The number of nitrogens with zero attached hydrogens (tertiary/aromatic N) is 1. The van der Waals surface area contributed by atoms with Crippen LogP contribution >= 0.6 is 0 Å². The molecule has 0 unspecified atom stereocenters. The van der Waals surface area contributed by atoms with Crippen LogP contribution in [0.25, 0.3) is 0 Å². The number of ether oxygens (including phenoxy) is 1. The van der Waals surface area contributed by atoms with Crippen LogP contribution in [0.1, 0.15) is 6.92 Å². The summed E-state index contributed by atoms with van der Waals surface area (Å²) in [6.45, 7) is 2.33. The van der Waals surface area contributed by atoms with E-state index in [0.717, 1.165) is 0 Å². The lowest BCUT2D eigenvalue weighted by molar-refractivity contribution is 0.398. The van der Waals surface area contributed by atoms with Crippen molar-refractivity contribution in [3.05, 3.63) is 12.1 Å². The number of methoxy groups -OCH3 is 1. The average Bonchev–Trinajstić information content (AvgIpc) is 2.31. The van der Waals surface area contributed by atoms with Gasteiger partial charge in [0.15, 0.2) is 5.82 Å². The highest BCUT2D eigenvalue weighted by molar-refractivity contribution is 7.89. The van der Waals surface area contributed by atoms with E-state index in [1.54, 1.807) is 19.1 Å². The van der Waals surface area contributed by atoms with Crippen molar-refractivity contribution in [2.75, 3.05) is 37.0 Å². The molecule has 4 N–H and O–H groups in total. The summed E-state index contributed by atoms with van der Waals surface area (Å²) >= 11 is 0. The number of rotatable bonds is 7. The van der Waals surface area contributed by atoms with E-state index in [1.807, 2.05) is 0 Å². The van der Waals surface area contributed by atoms with E-state index >= 15 is 0 Å². The second kappa shape index (κ2) is 6.41. The Morgan fingerprint density at radius 3 is 2.78 bits per heavy atom. The van der Waals surface area contributed by atoms with Crippen LogP contribution in [0.5, 0.6) is 5.88 Å². The molecule has 0 radical (unpaired) electrons. The molecule has 102 valence electrons.